The molecule has 0 amide bonds. The van der Waals surface area contributed by atoms with Gasteiger partial charge in [-0.2, -0.15) is 79.0 Å². The third-order valence-electron chi connectivity index (χ3n) is 27.3. The van der Waals surface area contributed by atoms with Crippen molar-refractivity contribution in [3.63, 3.8) is 0 Å². The molecule has 14 aliphatic rings. The Morgan fingerprint density at radius 1 is 0.143 bits per heavy atom. The Morgan fingerprint density at radius 3 is 0.857 bits per heavy atom. The van der Waals surface area contributed by atoms with Crippen molar-refractivity contribution in [3.8, 4) is 22.3 Å². The lowest BCUT2D eigenvalue weighted by Crippen LogP contribution is -2.63. The minimum Gasteiger partial charge on any atom is -0.169 e. The van der Waals surface area contributed by atoms with Crippen LogP contribution in [0.5, 0.6) is 0 Å². The highest BCUT2D eigenvalue weighted by atomic mass is 19.4. The summed E-state index contributed by atoms with van der Waals surface area (Å²) in [4.78, 5) is 0. The first-order valence-corrected chi connectivity index (χ1v) is 27.4. The summed E-state index contributed by atoms with van der Waals surface area (Å²) in [6.07, 6.45) is -36.2. The second-order valence-electron chi connectivity index (χ2n) is 27.7. The van der Waals surface area contributed by atoms with Crippen molar-refractivity contribution >= 4 is 178 Å². The van der Waals surface area contributed by atoms with Crippen LogP contribution < -0.4 is 0 Å². The van der Waals surface area contributed by atoms with Crippen molar-refractivity contribution in [2.24, 2.45) is 0 Å². The maximum Gasteiger partial charge on any atom is 0.406 e. The first-order valence-electron chi connectivity index (χ1n) is 27.4. The van der Waals surface area contributed by atoms with Gasteiger partial charge in [-0.1, -0.05) is 0 Å². The number of alkyl halides is 18. The van der Waals surface area contributed by atoms with Crippen LogP contribution in [0.25, 0.3) is 200 Å². The van der Waals surface area contributed by atoms with Crippen molar-refractivity contribution in [1.29, 1.82) is 0 Å². The van der Waals surface area contributed by atoms with Gasteiger partial charge in [-0.15, -0.1) is 0 Å². The summed E-state index contributed by atoms with van der Waals surface area (Å²) in [5.74, 6) is 0. The molecule has 0 aliphatic heterocycles. The van der Waals surface area contributed by atoms with Gasteiger partial charge < -0.3 is 0 Å². The van der Waals surface area contributed by atoms with Gasteiger partial charge in [0.15, 0.2) is 0 Å². The van der Waals surface area contributed by atoms with Gasteiger partial charge in [-0.05, 0) is 295 Å². The van der Waals surface area contributed by atoms with Crippen molar-refractivity contribution in [1.82, 2.24) is 0 Å². The van der Waals surface area contributed by atoms with E-state index in [9.17, 15) is 0 Å². The van der Waals surface area contributed by atoms with Crippen LogP contribution in [0.3, 0.4) is 0 Å². The third kappa shape index (κ3) is 2.00. The summed E-state index contributed by atoms with van der Waals surface area (Å²) in [7, 11) is 0. The average Bonchev–Trinajstić information content (AvgIpc) is 1.37. The molecular formula is C66F18. The number of rotatable bonds is 0. The van der Waals surface area contributed by atoms with E-state index in [2.05, 4.69) is 0 Å². The van der Waals surface area contributed by atoms with Crippen LogP contribution >= 0.6 is 0 Å². The zero-order valence-corrected chi connectivity index (χ0v) is 39.8. The predicted molar refractivity (Wildman–Crippen MR) is 270 cm³/mol. The average molecular weight is 1130 g/mol. The van der Waals surface area contributed by atoms with Gasteiger partial charge in [0.2, 0.25) is 0 Å². The zero-order chi connectivity index (χ0) is 55.2. The summed E-state index contributed by atoms with van der Waals surface area (Å²) in [6, 6.07) is 0. The summed E-state index contributed by atoms with van der Waals surface area (Å²) in [5.41, 5.74) is -50.8. The molecule has 0 fully saturated rings. The fourth-order valence-electron chi connectivity index (χ4n) is 27.3. The van der Waals surface area contributed by atoms with Crippen LogP contribution in [-0.2, 0) is 32.5 Å². The van der Waals surface area contributed by atoms with E-state index in [1.165, 1.54) is 0 Å². The van der Waals surface area contributed by atoms with E-state index in [0.717, 1.165) is 0 Å². The molecule has 6 atom stereocenters. The molecule has 18 aromatic carbocycles. The first-order chi connectivity index (χ1) is 39.7. The lowest BCUT2D eigenvalue weighted by atomic mass is 9.45. The van der Waals surface area contributed by atoms with Gasteiger partial charge in [-0.3, -0.25) is 0 Å². The predicted octanol–water partition coefficient (Wildman–Crippen LogP) is 18.9. The number of halogens is 18. The van der Waals surface area contributed by atoms with Gasteiger partial charge in [0.25, 0.3) is 0 Å². The molecule has 84 heavy (non-hydrogen) atoms. The molecule has 0 N–H and O–H groups in total. The first kappa shape index (κ1) is 37.8. The molecule has 0 nitrogen and oxygen atoms in total. The van der Waals surface area contributed by atoms with E-state index in [0.29, 0.717) is 10.8 Å². The normalized spacial score (nSPS) is 29.8. The number of hydrogen-bond acceptors (Lipinski definition) is 0. The Hall–Kier alpha value is -8.28. The molecule has 14 aliphatic carbocycles. The molecule has 0 heterocycles. The Morgan fingerprint density at radius 2 is 0.369 bits per heavy atom. The number of hydrogen-bond donors (Lipinski definition) is 0. The molecule has 0 spiro atoms. The summed E-state index contributed by atoms with van der Waals surface area (Å²) in [5, 5.41) is -3.78. The topological polar surface area (TPSA) is 0 Å². The lowest BCUT2D eigenvalue weighted by Gasteiger charge is -2.56. The molecule has 0 aromatic heterocycles. The number of benzene rings is 12. The smallest absolute Gasteiger partial charge is 0.169 e. The molecule has 0 saturated heterocycles. The monoisotopic (exact) mass is 1130 g/mol. The largest absolute Gasteiger partial charge is 0.406 e. The molecule has 0 saturated carbocycles. The maximum atomic E-state index is 19.0. The van der Waals surface area contributed by atoms with E-state index < -0.39 is 230 Å². The van der Waals surface area contributed by atoms with Crippen LogP contribution in [0.2, 0.25) is 0 Å². The standard InChI is InChI=1S/C66F18/c67-61(68,69)55-38-21-11-4-1-2-7-6-8(4)17(21)23-19-15(6)22-18(7)24-20-10(2)12-3(1)5-9(11)13-16-14(5)27-25(12)42-34(20)51-44(24)56(62(70,71)72)39(22)32-29(19)45(43(23)55)57(63(73,74)75)41-33-36-40-30(31(26(13)38)47(55)49(36)57)28(16)46-48(27)59(42,65(79,80)81)54-53(58(40,46)64(76,77)78)37(33)52(50(56)35(32)41)60(51,54)66(82,83)84. The quantitative estimate of drug-likeness (QED) is 0.105. The summed E-state index contributed by atoms with van der Waals surface area (Å²) < 4.78 is 340. The molecule has 32 rings (SSSR count). The summed E-state index contributed by atoms with van der Waals surface area (Å²) in [6.45, 7) is 0. The number of allylic oxidation sites excluding steroid dienone is 2. The van der Waals surface area contributed by atoms with E-state index in [1.807, 2.05) is 0 Å². The maximum absolute atomic E-state index is 19.0. The van der Waals surface area contributed by atoms with Gasteiger partial charge in [0.05, 0.1) is 0 Å². The Labute approximate surface area is 441 Å². The van der Waals surface area contributed by atoms with Crippen molar-refractivity contribution in [2.75, 3.05) is 0 Å². The Bertz CT molecular complexity index is 7210. The minimum atomic E-state index is -6.30. The van der Waals surface area contributed by atoms with Gasteiger partial charge in [0, 0.05) is 0 Å². The third-order valence-corrected chi connectivity index (χ3v) is 27.3. The molecule has 0 radical (unpaired) electrons. The van der Waals surface area contributed by atoms with Crippen molar-refractivity contribution in [2.45, 2.75) is 69.5 Å². The Balaban J connectivity index is 1.17. The van der Waals surface area contributed by atoms with E-state index in [1.54, 1.807) is 0 Å². The lowest BCUT2D eigenvalue weighted by molar-refractivity contribution is -0.199. The molecule has 18 heteroatoms. The second kappa shape index (κ2) is 7.97. The zero-order valence-electron chi connectivity index (χ0n) is 39.8. The van der Waals surface area contributed by atoms with Crippen LogP contribution in [-0.4, -0.2) is 37.1 Å². The summed E-state index contributed by atoms with van der Waals surface area (Å²) >= 11 is 0. The molecular weight excluding hydrogens is 1130 g/mol. The fraction of sp³-hybridized carbons (Fsp3) is 0.182. The Kier molecular flexibility index (Phi) is 3.59. The van der Waals surface area contributed by atoms with Gasteiger partial charge >= 0.3 is 37.1 Å². The minimum absolute atomic E-state index is 0.00163. The molecule has 6 unspecified atom stereocenters. The van der Waals surface area contributed by atoms with Crippen LogP contribution in [0, 0.1) is 0 Å². The van der Waals surface area contributed by atoms with Gasteiger partial charge in [0.1, 0.15) is 32.5 Å². The van der Waals surface area contributed by atoms with E-state index in [-0.39, 0.29) is 124 Å². The highest BCUT2D eigenvalue weighted by Gasteiger charge is 2.92. The van der Waals surface area contributed by atoms with E-state index >= 15 is 79.0 Å². The van der Waals surface area contributed by atoms with E-state index in [4.69, 9.17) is 0 Å². The van der Waals surface area contributed by atoms with Crippen LogP contribution in [0.4, 0.5) is 79.0 Å². The SMILES string of the molecule is FC(F)(F)C12C3=C4c5c6c7c8c(c51)C1(C(F)(F)F)c5c2c2c9c%10c%11c(c%12c%13c%14c(c-6c6c%15c%14c%14c%16c%17c%18c%19c(c(c%20c-8c1c1c8c5c2c2c%10c5c%10c%11c%13c%14c%10c%17c%10c%18c(c1c%20%19)c8c2c%105)C76C(F)(F)F)C%15%16C(F)(F)F)C4%12C(F)(F)F)C39C(F)(F)F. The van der Waals surface area contributed by atoms with Crippen molar-refractivity contribution in [3.05, 3.63) is 94.6 Å². The van der Waals surface area contributed by atoms with Crippen LogP contribution in [0.15, 0.2) is 5.57 Å². The highest BCUT2D eigenvalue weighted by molar-refractivity contribution is 6.72. The van der Waals surface area contributed by atoms with Crippen molar-refractivity contribution < 1.29 is 79.0 Å². The molecule has 390 valence electrons. The molecule has 18 aromatic rings. The fourth-order valence-corrected chi connectivity index (χ4v) is 27.3. The molecule has 0 bridgehead atoms. The second-order valence-corrected chi connectivity index (χ2v) is 27.7. The highest BCUT2D eigenvalue weighted by Crippen LogP contribution is 2.95. The van der Waals surface area contributed by atoms with Gasteiger partial charge in [-0.25, -0.2) is 0 Å². The van der Waals surface area contributed by atoms with Crippen LogP contribution in [0.1, 0.15) is 89.0 Å².